The number of hydrogen-bond donors (Lipinski definition) is 2. The summed E-state index contributed by atoms with van der Waals surface area (Å²) in [5.74, 6) is 0.577. The first-order valence-electron chi connectivity index (χ1n) is 6.86. The molecule has 6 nitrogen and oxygen atoms in total. The molecule has 0 aliphatic carbocycles. The van der Waals surface area contributed by atoms with Crippen LogP contribution in [-0.4, -0.2) is 25.2 Å². The monoisotopic (exact) mass is 376 g/mol. The molecule has 1 aliphatic heterocycles. The van der Waals surface area contributed by atoms with Gasteiger partial charge in [0.25, 0.3) is 5.91 Å². The molecule has 118 valence electrons. The van der Waals surface area contributed by atoms with Crippen molar-refractivity contribution < 1.29 is 19.1 Å². The topological polar surface area (TPSA) is 76.7 Å². The molecule has 2 aromatic carbocycles. The minimum atomic E-state index is -0.329. The normalized spacial score (nSPS) is 11.9. The molecule has 0 aromatic heterocycles. The average molecular weight is 377 g/mol. The van der Waals surface area contributed by atoms with E-state index in [1.54, 1.807) is 36.4 Å². The second-order valence-electron chi connectivity index (χ2n) is 4.78. The Kier molecular flexibility index (Phi) is 4.47. The van der Waals surface area contributed by atoms with Crippen molar-refractivity contribution in [2.75, 3.05) is 18.7 Å². The summed E-state index contributed by atoms with van der Waals surface area (Å²) in [6.07, 6.45) is 0. The predicted octanol–water partition coefficient (Wildman–Crippen LogP) is 2.55. The smallest absolute Gasteiger partial charge is 0.252 e. The quantitative estimate of drug-likeness (QED) is 0.859. The van der Waals surface area contributed by atoms with E-state index in [0.717, 1.165) is 0 Å². The van der Waals surface area contributed by atoms with E-state index in [0.29, 0.717) is 27.2 Å². The molecule has 0 spiro atoms. The van der Waals surface area contributed by atoms with Crippen LogP contribution in [-0.2, 0) is 4.79 Å². The van der Waals surface area contributed by atoms with Crippen molar-refractivity contribution in [1.82, 2.24) is 5.32 Å². The summed E-state index contributed by atoms with van der Waals surface area (Å²) < 4.78 is 11.1. The lowest BCUT2D eigenvalue weighted by Gasteiger charge is -2.08. The van der Waals surface area contributed by atoms with Crippen molar-refractivity contribution in [1.29, 1.82) is 0 Å². The van der Waals surface area contributed by atoms with Gasteiger partial charge >= 0.3 is 0 Å². The SMILES string of the molecule is O=C(CNC(=O)c1ccccc1Br)Nc1ccc2c(c1)OCO2. The number of benzene rings is 2. The zero-order valence-corrected chi connectivity index (χ0v) is 13.6. The Hall–Kier alpha value is -2.54. The lowest BCUT2D eigenvalue weighted by molar-refractivity contribution is -0.115. The Morgan fingerprint density at radius 1 is 1.09 bits per heavy atom. The number of anilines is 1. The van der Waals surface area contributed by atoms with Gasteiger partial charge in [-0.25, -0.2) is 0 Å². The predicted molar refractivity (Wildman–Crippen MR) is 87.7 cm³/mol. The maximum atomic E-state index is 12.0. The first-order chi connectivity index (χ1) is 11.1. The van der Waals surface area contributed by atoms with Gasteiger partial charge in [-0.05, 0) is 40.2 Å². The van der Waals surface area contributed by atoms with Crippen LogP contribution in [0.25, 0.3) is 0 Å². The van der Waals surface area contributed by atoms with Crippen molar-refractivity contribution in [3.05, 3.63) is 52.5 Å². The summed E-state index contributed by atoms with van der Waals surface area (Å²) in [6, 6.07) is 12.1. The van der Waals surface area contributed by atoms with Crippen LogP contribution in [0, 0.1) is 0 Å². The van der Waals surface area contributed by atoms with Crippen LogP contribution in [0.5, 0.6) is 11.5 Å². The van der Waals surface area contributed by atoms with Gasteiger partial charge in [0, 0.05) is 16.2 Å². The Morgan fingerprint density at radius 3 is 2.70 bits per heavy atom. The first kappa shape index (κ1) is 15.4. The molecule has 0 radical (unpaired) electrons. The van der Waals surface area contributed by atoms with E-state index in [2.05, 4.69) is 26.6 Å². The van der Waals surface area contributed by atoms with Crippen molar-refractivity contribution in [3.63, 3.8) is 0 Å². The number of hydrogen-bond acceptors (Lipinski definition) is 4. The fourth-order valence-electron chi connectivity index (χ4n) is 2.08. The summed E-state index contributed by atoms with van der Waals surface area (Å²) in [7, 11) is 0. The Balaban J connectivity index is 1.56. The van der Waals surface area contributed by atoms with E-state index < -0.39 is 0 Å². The molecule has 23 heavy (non-hydrogen) atoms. The molecule has 3 rings (SSSR count). The summed E-state index contributed by atoms with van der Waals surface area (Å²) >= 11 is 3.30. The number of amides is 2. The number of rotatable bonds is 4. The third-order valence-corrected chi connectivity index (χ3v) is 3.88. The molecule has 2 N–H and O–H groups in total. The van der Waals surface area contributed by atoms with E-state index in [9.17, 15) is 9.59 Å². The van der Waals surface area contributed by atoms with Crippen LogP contribution in [0.1, 0.15) is 10.4 Å². The van der Waals surface area contributed by atoms with Gasteiger partial charge < -0.3 is 20.1 Å². The molecule has 1 heterocycles. The molecular weight excluding hydrogens is 364 g/mol. The number of carbonyl (C=O) groups excluding carboxylic acids is 2. The highest BCUT2D eigenvalue weighted by molar-refractivity contribution is 9.10. The fraction of sp³-hybridized carbons (Fsp3) is 0.125. The second kappa shape index (κ2) is 6.70. The largest absolute Gasteiger partial charge is 0.454 e. The van der Waals surface area contributed by atoms with E-state index in [1.165, 1.54) is 0 Å². The van der Waals surface area contributed by atoms with E-state index in [4.69, 9.17) is 9.47 Å². The summed E-state index contributed by atoms with van der Waals surface area (Å²) in [5.41, 5.74) is 1.05. The molecule has 0 bridgehead atoms. The molecular formula is C16H13BrN2O4. The van der Waals surface area contributed by atoms with Gasteiger partial charge in [0.1, 0.15) is 0 Å². The van der Waals surface area contributed by atoms with Crippen LogP contribution in [0.15, 0.2) is 46.9 Å². The molecule has 2 amide bonds. The zero-order chi connectivity index (χ0) is 16.2. The molecule has 0 saturated carbocycles. The fourth-order valence-corrected chi connectivity index (χ4v) is 2.55. The van der Waals surface area contributed by atoms with Gasteiger partial charge in [0.15, 0.2) is 11.5 Å². The third-order valence-electron chi connectivity index (χ3n) is 3.18. The number of ether oxygens (including phenoxy) is 2. The van der Waals surface area contributed by atoms with Crippen LogP contribution in [0.3, 0.4) is 0 Å². The van der Waals surface area contributed by atoms with Crippen LogP contribution in [0.2, 0.25) is 0 Å². The summed E-state index contributed by atoms with van der Waals surface area (Å²) in [6.45, 7) is 0.0450. The van der Waals surface area contributed by atoms with Gasteiger partial charge in [-0.1, -0.05) is 12.1 Å². The lowest BCUT2D eigenvalue weighted by atomic mass is 10.2. The van der Waals surface area contributed by atoms with Gasteiger partial charge in [0.05, 0.1) is 12.1 Å². The van der Waals surface area contributed by atoms with Crippen LogP contribution >= 0.6 is 15.9 Å². The van der Waals surface area contributed by atoms with Gasteiger partial charge in [0.2, 0.25) is 12.7 Å². The standard InChI is InChI=1S/C16H13BrN2O4/c17-12-4-2-1-3-11(12)16(21)18-8-15(20)19-10-5-6-13-14(7-10)23-9-22-13/h1-7H,8-9H2,(H,18,21)(H,19,20). The van der Waals surface area contributed by atoms with Crippen molar-refractivity contribution in [2.24, 2.45) is 0 Å². The van der Waals surface area contributed by atoms with Gasteiger partial charge in [-0.15, -0.1) is 0 Å². The van der Waals surface area contributed by atoms with Gasteiger partial charge in [-0.3, -0.25) is 9.59 Å². The zero-order valence-electron chi connectivity index (χ0n) is 12.0. The highest BCUT2D eigenvalue weighted by Gasteiger charge is 2.15. The molecule has 2 aromatic rings. The van der Waals surface area contributed by atoms with E-state index >= 15 is 0 Å². The summed E-state index contributed by atoms with van der Waals surface area (Å²) in [5, 5.41) is 5.27. The van der Waals surface area contributed by atoms with Crippen LogP contribution in [0.4, 0.5) is 5.69 Å². The minimum Gasteiger partial charge on any atom is -0.454 e. The van der Waals surface area contributed by atoms with Gasteiger partial charge in [-0.2, -0.15) is 0 Å². The Bertz CT molecular complexity index is 763. The van der Waals surface area contributed by atoms with Crippen molar-refractivity contribution in [2.45, 2.75) is 0 Å². The second-order valence-corrected chi connectivity index (χ2v) is 5.63. The molecule has 0 atom stereocenters. The maximum Gasteiger partial charge on any atom is 0.252 e. The first-order valence-corrected chi connectivity index (χ1v) is 7.65. The van der Waals surface area contributed by atoms with Crippen LogP contribution < -0.4 is 20.1 Å². The average Bonchev–Trinajstić information content (AvgIpc) is 3.01. The number of nitrogens with one attached hydrogen (secondary N) is 2. The molecule has 1 aliphatic rings. The number of carbonyl (C=O) groups is 2. The van der Waals surface area contributed by atoms with Crippen molar-refractivity contribution >= 4 is 33.4 Å². The minimum absolute atomic E-state index is 0.130. The maximum absolute atomic E-state index is 12.0. The highest BCUT2D eigenvalue weighted by atomic mass is 79.9. The molecule has 0 saturated heterocycles. The molecule has 7 heteroatoms. The number of fused-ring (bicyclic) bond motifs is 1. The van der Waals surface area contributed by atoms with Crippen molar-refractivity contribution in [3.8, 4) is 11.5 Å². The molecule has 0 unspecified atom stereocenters. The molecule has 0 fully saturated rings. The Labute approximate surface area is 140 Å². The van der Waals surface area contributed by atoms with E-state index in [1.807, 2.05) is 6.07 Å². The third kappa shape index (κ3) is 3.62. The Morgan fingerprint density at radius 2 is 1.87 bits per heavy atom. The summed E-state index contributed by atoms with van der Waals surface area (Å²) in [4.78, 5) is 23.9. The number of halogens is 1. The lowest BCUT2D eigenvalue weighted by Crippen LogP contribution is -2.33. The highest BCUT2D eigenvalue weighted by Crippen LogP contribution is 2.34. The van der Waals surface area contributed by atoms with E-state index in [-0.39, 0.29) is 25.2 Å².